The lowest BCUT2D eigenvalue weighted by Gasteiger charge is -2.33. The van der Waals surface area contributed by atoms with Crippen LogP contribution in [-0.2, 0) is 4.74 Å². The molecule has 1 saturated heterocycles. The first-order valence-electron chi connectivity index (χ1n) is 6.84. The van der Waals surface area contributed by atoms with Gasteiger partial charge >= 0.3 is 0 Å². The van der Waals surface area contributed by atoms with Crippen molar-refractivity contribution in [3.63, 3.8) is 0 Å². The standard InChI is InChI=1S/C15H17FN4O/c1-10-8-18-15(19-14(10)17)20-6-7-21-13(9-20)11-2-4-12(16)5-3-11/h2-5,8,13H,6-7,9H2,1H3,(H2,17,18,19)/t13-/m1/s1. The topological polar surface area (TPSA) is 64.3 Å². The Kier molecular flexibility index (Phi) is 3.70. The van der Waals surface area contributed by atoms with Crippen LogP contribution in [0.3, 0.4) is 0 Å². The Morgan fingerprint density at radius 2 is 2.10 bits per heavy atom. The smallest absolute Gasteiger partial charge is 0.227 e. The van der Waals surface area contributed by atoms with E-state index in [1.807, 2.05) is 11.8 Å². The van der Waals surface area contributed by atoms with Crippen molar-refractivity contribution < 1.29 is 9.13 Å². The minimum absolute atomic E-state index is 0.120. The Morgan fingerprint density at radius 1 is 1.33 bits per heavy atom. The van der Waals surface area contributed by atoms with Gasteiger partial charge in [0.1, 0.15) is 17.7 Å². The molecule has 0 amide bonds. The molecule has 1 aromatic heterocycles. The number of hydrogen-bond acceptors (Lipinski definition) is 5. The fourth-order valence-corrected chi connectivity index (χ4v) is 2.31. The van der Waals surface area contributed by atoms with Crippen LogP contribution in [0.4, 0.5) is 16.2 Å². The maximum absolute atomic E-state index is 13.0. The molecule has 2 heterocycles. The summed E-state index contributed by atoms with van der Waals surface area (Å²) in [6.07, 6.45) is 1.60. The molecule has 3 rings (SSSR count). The monoisotopic (exact) mass is 288 g/mol. The average Bonchev–Trinajstić information content (AvgIpc) is 2.51. The van der Waals surface area contributed by atoms with Gasteiger partial charge in [0.15, 0.2) is 0 Å². The van der Waals surface area contributed by atoms with Gasteiger partial charge in [-0.1, -0.05) is 12.1 Å². The number of nitrogen functional groups attached to an aromatic ring is 1. The molecule has 0 aliphatic carbocycles. The van der Waals surface area contributed by atoms with Gasteiger partial charge in [0.05, 0.1) is 13.2 Å². The van der Waals surface area contributed by atoms with Crippen LogP contribution < -0.4 is 10.6 Å². The van der Waals surface area contributed by atoms with Crippen LogP contribution in [0.5, 0.6) is 0 Å². The van der Waals surface area contributed by atoms with Crippen molar-refractivity contribution in [2.45, 2.75) is 13.0 Å². The number of hydrogen-bond donors (Lipinski definition) is 1. The van der Waals surface area contributed by atoms with Crippen molar-refractivity contribution in [2.75, 3.05) is 30.3 Å². The molecule has 5 nitrogen and oxygen atoms in total. The number of benzene rings is 1. The second-order valence-corrected chi connectivity index (χ2v) is 5.10. The van der Waals surface area contributed by atoms with Gasteiger partial charge in [-0.3, -0.25) is 0 Å². The largest absolute Gasteiger partial charge is 0.383 e. The minimum Gasteiger partial charge on any atom is -0.383 e. The molecule has 2 aromatic rings. The zero-order valence-corrected chi connectivity index (χ0v) is 11.8. The molecule has 1 atom stereocenters. The van der Waals surface area contributed by atoms with Crippen molar-refractivity contribution in [3.8, 4) is 0 Å². The first-order chi connectivity index (χ1) is 10.1. The molecule has 1 aliphatic rings. The van der Waals surface area contributed by atoms with E-state index < -0.39 is 0 Å². The van der Waals surface area contributed by atoms with Gasteiger partial charge < -0.3 is 15.4 Å². The van der Waals surface area contributed by atoms with Crippen LogP contribution >= 0.6 is 0 Å². The highest BCUT2D eigenvalue weighted by atomic mass is 19.1. The van der Waals surface area contributed by atoms with Crippen molar-refractivity contribution in [1.29, 1.82) is 0 Å². The molecular formula is C15H17FN4O. The van der Waals surface area contributed by atoms with Gasteiger partial charge in [-0.15, -0.1) is 0 Å². The fraction of sp³-hybridized carbons (Fsp3) is 0.333. The Hall–Kier alpha value is -2.21. The summed E-state index contributed by atoms with van der Waals surface area (Å²) < 4.78 is 18.8. The highest BCUT2D eigenvalue weighted by Gasteiger charge is 2.24. The summed E-state index contributed by atoms with van der Waals surface area (Å²) >= 11 is 0. The van der Waals surface area contributed by atoms with E-state index in [2.05, 4.69) is 9.97 Å². The van der Waals surface area contributed by atoms with E-state index in [1.165, 1.54) is 12.1 Å². The van der Waals surface area contributed by atoms with Crippen molar-refractivity contribution >= 4 is 11.8 Å². The zero-order chi connectivity index (χ0) is 14.8. The Bertz CT molecular complexity index is 632. The number of ether oxygens (including phenoxy) is 1. The van der Waals surface area contributed by atoms with Crippen LogP contribution in [0.2, 0.25) is 0 Å². The van der Waals surface area contributed by atoms with Gasteiger partial charge in [0.25, 0.3) is 0 Å². The molecule has 0 bridgehead atoms. The Balaban J connectivity index is 1.79. The first kappa shape index (κ1) is 13.8. The molecule has 2 N–H and O–H groups in total. The lowest BCUT2D eigenvalue weighted by atomic mass is 10.1. The van der Waals surface area contributed by atoms with Gasteiger partial charge in [0.2, 0.25) is 5.95 Å². The van der Waals surface area contributed by atoms with Crippen molar-refractivity contribution in [3.05, 3.63) is 47.4 Å². The lowest BCUT2D eigenvalue weighted by molar-refractivity contribution is 0.0392. The highest BCUT2D eigenvalue weighted by molar-refractivity contribution is 5.44. The summed E-state index contributed by atoms with van der Waals surface area (Å²) in [6.45, 7) is 3.77. The molecule has 1 fully saturated rings. The third-order valence-electron chi connectivity index (χ3n) is 3.59. The van der Waals surface area contributed by atoms with Gasteiger partial charge in [-0.25, -0.2) is 9.37 Å². The van der Waals surface area contributed by atoms with Gasteiger partial charge in [-0.05, 0) is 24.6 Å². The number of anilines is 2. The predicted octanol–water partition coefficient (Wildman–Crippen LogP) is 2.08. The number of aryl methyl sites for hydroxylation is 1. The summed E-state index contributed by atoms with van der Waals surface area (Å²) in [6, 6.07) is 6.37. The van der Waals surface area contributed by atoms with Gasteiger partial charge in [0, 0.05) is 18.3 Å². The summed E-state index contributed by atoms with van der Waals surface area (Å²) in [4.78, 5) is 10.7. The average molecular weight is 288 g/mol. The third-order valence-corrected chi connectivity index (χ3v) is 3.59. The molecule has 110 valence electrons. The van der Waals surface area contributed by atoms with E-state index in [-0.39, 0.29) is 11.9 Å². The highest BCUT2D eigenvalue weighted by Crippen LogP contribution is 2.25. The van der Waals surface area contributed by atoms with E-state index in [0.717, 1.165) is 11.1 Å². The minimum atomic E-state index is -0.249. The van der Waals surface area contributed by atoms with E-state index in [9.17, 15) is 4.39 Å². The number of nitrogens with two attached hydrogens (primary N) is 1. The van der Waals surface area contributed by atoms with Crippen LogP contribution in [0.1, 0.15) is 17.2 Å². The van der Waals surface area contributed by atoms with Crippen LogP contribution in [0.15, 0.2) is 30.5 Å². The maximum Gasteiger partial charge on any atom is 0.227 e. The molecule has 0 spiro atoms. The first-order valence-corrected chi connectivity index (χ1v) is 6.84. The van der Waals surface area contributed by atoms with E-state index in [1.54, 1.807) is 18.3 Å². The molecule has 1 aliphatic heterocycles. The fourth-order valence-electron chi connectivity index (χ4n) is 2.31. The molecule has 21 heavy (non-hydrogen) atoms. The maximum atomic E-state index is 13.0. The molecule has 0 unspecified atom stereocenters. The Morgan fingerprint density at radius 3 is 2.81 bits per heavy atom. The van der Waals surface area contributed by atoms with Crippen LogP contribution in [0.25, 0.3) is 0 Å². The van der Waals surface area contributed by atoms with Crippen LogP contribution in [0, 0.1) is 12.7 Å². The van der Waals surface area contributed by atoms with E-state index in [4.69, 9.17) is 10.5 Å². The molecular weight excluding hydrogens is 271 g/mol. The summed E-state index contributed by atoms with van der Waals surface area (Å²) in [5.74, 6) is 0.847. The normalized spacial score (nSPS) is 18.8. The van der Waals surface area contributed by atoms with Crippen LogP contribution in [-0.4, -0.2) is 29.7 Å². The van der Waals surface area contributed by atoms with Crippen molar-refractivity contribution in [2.24, 2.45) is 0 Å². The number of halogens is 1. The number of nitrogens with zero attached hydrogens (tertiary/aromatic N) is 3. The SMILES string of the molecule is Cc1cnc(N2CCO[C@@H](c3ccc(F)cc3)C2)nc1N. The van der Waals surface area contributed by atoms with E-state index in [0.29, 0.717) is 31.5 Å². The van der Waals surface area contributed by atoms with Gasteiger partial charge in [-0.2, -0.15) is 4.98 Å². The molecule has 1 aromatic carbocycles. The summed E-state index contributed by atoms with van der Waals surface area (Å²) in [5.41, 5.74) is 7.65. The number of aromatic nitrogens is 2. The third kappa shape index (κ3) is 2.95. The molecule has 6 heteroatoms. The summed E-state index contributed by atoms with van der Waals surface area (Å²) in [5, 5.41) is 0. The van der Waals surface area contributed by atoms with E-state index >= 15 is 0 Å². The Labute approximate surface area is 122 Å². The lowest BCUT2D eigenvalue weighted by Crippen LogP contribution is -2.39. The zero-order valence-electron chi connectivity index (χ0n) is 11.8. The molecule has 0 saturated carbocycles. The predicted molar refractivity (Wildman–Crippen MR) is 78.5 cm³/mol. The quantitative estimate of drug-likeness (QED) is 0.916. The summed E-state index contributed by atoms with van der Waals surface area (Å²) in [7, 11) is 0. The molecule has 0 radical (unpaired) electrons. The van der Waals surface area contributed by atoms with Crippen molar-refractivity contribution in [1.82, 2.24) is 9.97 Å². The number of rotatable bonds is 2. The number of morpholine rings is 1. The second-order valence-electron chi connectivity index (χ2n) is 5.10. The second kappa shape index (κ2) is 5.65.